The van der Waals surface area contributed by atoms with Crippen molar-refractivity contribution in [2.45, 2.75) is 20.8 Å². The number of carbonyl (C=O) groups excluding carboxylic acids is 2. The standard InChI is InChI=1S/C25H21N3O4/c1-15-8-13-20(17(3)14-15)26-23-22(18-9-11-19(12-10-18)28(31)32)24(29)27(25(23)30)21-7-5-4-6-16(21)2/h4-14,26H,1-3H3. The number of nitrogens with zero attached hydrogens (tertiary/aromatic N) is 2. The largest absolute Gasteiger partial charge is 0.350 e. The number of rotatable bonds is 5. The van der Waals surface area contributed by atoms with Gasteiger partial charge in [-0.3, -0.25) is 19.7 Å². The van der Waals surface area contributed by atoms with Gasteiger partial charge in [0, 0.05) is 17.8 Å². The summed E-state index contributed by atoms with van der Waals surface area (Å²) < 4.78 is 0. The molecule has 2 amide bonds. The Morgan fingerprint density at radius 2 is 1.53 bits per heavy atom. The molecule has 7 nitrogen and oxygen atoms in total. The van der Waals surface area contributed by atoms with Crippen molar-refractivity contribution in [1.82, 2.24) is 0 Å². The number of hydrogen-bond donors (Lipinski definition) is 1. The van der Waals surface area contributed by atoms with Crippen molar-refractivity contribution >= 4 is 34.4 Å². The van der Waals surface area contributed by atoms with Gasteiger partial charge in [-0.05, 0) is 61.7 Å². The van der Waals surface area contributed by atoms with E-state index in [-0.39, 0.29) is 17.0 Å². The number of aryl methyl sites for hydroxylation is 3. The van der Waals surface area contributed by atoms with Crippen molar-refractivity contribution in [1.29, 1.82) is 0 Å². The molecular weight excluding hydrogens is 406 g/mol. The summed E-state index contributed by atoms with van der Waals surface area (Å²) in [5.41, 5.74) is 4.64. The second kappa shape index (κ2) is 8.11. The number of imide groups is 1. The Labute approximate surface area is 185 Å². The van der Waals surface area contributed by atoms with Crippen molar-refractivity contribution in [3.05, 3.63) is 105 Å². The van der Waals surface area contributed by atoms with Crippen molar-refractivity contribution in [2.75, 3.05) is 10.2 Å². The number of amides is 2. The van der Waals surface area contributed by atoms with Crippen LogP contribution in [0.3, 0.4) is 0 Å². The van der Waals surface area contributed by atoms with E-state index >= 15 is 0 Å². The van der Waals surface area contributed by atoms with Gasteiger partial charge in [-0.1, -0.05) is 35.9 Å². The van der Waals surface area contributed by atoms with E-state index < -0.39 is 16.7 Å². The van der Waals surface area contributed by atoms with Crippen LogP contribution in [-0.4, -0.2) is 16.7 Å². The monoisotopic (exact) mass is 427 g/mol. The number of carbonyl (C=O) groups is 2. The molecule has 3 aromatic carbocycles. The average molecular weight is 427 g/mol. The van der Waals surface area contributed by atoms with Gasteiger partial charge in [-0.25, -0.2) is 4.90 Å². The van der Waals surface area contributed by atoms with Gasteiger partial charge in [-0.2, -0.15) is 0 Å². The molecular formula is C25H21N3O4. The topological polar surface area (TPSA) is 92.6 Å². The lowest BCUT2D eigenvalue weighted by molar-refractivity contribution is -0.384. The van der Waals surface area contributed by atoms with E-state index in [2.05, 4.69) is 5.32 Å². The number of non-ortho nitro benzene ring substituents is 1. The first-order valence-corrected chi connectivity index (χ1v) is 10.1. The lowest BCUT2D eigenvalue weighted by atomic mass is 10.0. The number of benzene rings is 3. The van der Waals surface area contributed by atoms with E-state index in [0.717, 1.165) is 21.6 Å². The van der Waals surface area contributed by atoms with Gasteiger partial charge in [0.15, 0.2) is 0 Å². The summed E-state index contributed by atoms with van der Waals surface area (Å²) >= 11 is 0. The highest BCUT2D eigenvalue weighted by Gasteiger charge is 2.41. The first-order chi connectivity index (χ1) is 15.3. The fourth-order valence-electron chi connectivity index (χ4n) is 3.78. The molecule has 160 valence electrons. The van der Waals surface area contributed by atoms with Gasteiger partial charge in [0.2, 0.25) is 0 Å². The maximum atomic E-state index is 13.5. The quantitative estimate of drug-likeness (QED) is 0.355. The van der Waals surface area contributed by atoms with Gasteiger partial charge in [0.25, 0.3) is 17.5 Å². The van der Waals surface area contributed by atoms with Crippen LogP contribution in [-0.2, 0) is 9.59 Å². The van der Waals surface area contributed by atoms with Crippen molar-refractivity contribution in [2.24, 2.45) is 0 Å². The van der Waals surface area contributed by atoms with Crippen LogP contribution < -0.4 is 10.2 Å². The van der Waals surface area contributed by atoms with Crippen LogP contribution in [0.15, 0.2) is 72.4 Å². The Balaban J connectivity index is 1.85. The minimum atomic E-state index is -0.506. The Kier molecular flexibility index (Phi) is 5.32. The zero-order valence-electron chi connectivity index (χ0n) is 17.9. The molecule has 1 N–H and O–H groups in total. The number of nitro benzene ring substituents is 1. The van der Waals surface area contributed by atoms with Gasteiger partial charge in [-0.15, -0.1) is 0 Å². The molecule has 0 bridgehead atoms. The van der Waals surface area contributed by atoms with Crippen LogP contribution in [0.5, 0.6) is 0 Å². The number of nitro groups is 1. The van der Waals surface area contributed by atoms with Crippen LogP contribution in [0.1, 0.15) is 22.3 Å². The minimum absolute atomic E-state index is 0.0919. The molecule has 3 aromatic rings. The fourth-order valence-corrected chi connectivity index (χ4v) is 3.78. The molecule has 32 heavy (non-hydrogen) atoms. The molecule has 1 heterocycles. The summed E-state index contributed by atoms with van der Waals surface area (Å²) in [5, 5.41) is 14.2. The molecule has 1 aliphatic heterocycles. The summed E-state index contributed by atoms with van der Waals surface area (Å²) in [6.07, 6.45) is 0. The van der Waals surface area contributed by atoms with Crippen LogP contribution in [0.2, 0.25) is 0 Å². The van der Waals surface area contributed by atoms with Crippen molar-refractivity contribution < 1.29 is 14.5 Å². The van der Waals surface area contributed by atoms with E-state index in [0.29, 0.717) is 16.9 Å². The maximum absolute atomic E-state index is 13.5. The average Bonchev–Trinajstić information content (AvgIpc) is 3.00. The summed E-state index contributed by atoms with van der Waals surface area (Å²) in [6, 6.07) is 18.5. The minimum Gasteiger partial charge on any atom is -0.350 e. The summed E-state index contributed by atoms with van der Waals surface area (Å²) in [7, 11) is 0. The molecule has 0 saturated carbocycles. The second-order valence-electron chi connectivity index (χ2n) is 7.73. The van der Waals surface area contributed by atoms with Crippen molar-refractivity contribution in [3.8, 4) is 0 Å². The van der Waals surface area contributed by atoms with Crippen LogP contribution >= 0.6 is 0 Å². The Morgan fingerprint density at radius 3 is 2.16 bits per heavy atom. The Morgan fingerprint density at radius 1 is 0.844 bits per heavy atom. The number of para-hydroxylation sites is 1. The van der Waals surface area contributed by atoms with Crippen molar-refractivity contribution in [3.63, 3.8) is 0 Å². The first kappa shape index (κ1) is 21.0. The lowest BCUT2D eigenvalue weighted by Crippen LogP contribution is -2.33. The van der Waals surface area contributed by atoms with Gasteiger partial charge < -0.3 is 5.32 Å². The summed E-state index contributed by atoms with van der Waals surface area (Å²) in [4.78, 5) is 38.7. The van der Waals surface area contributed by atoms with Crippen LogP contribution in [0.4, 0.5) is 17.1 Å². The molecule has 7 heteroatoms. The highest BCUT2D eigenvalue weighted by molar-refractivity contribution is 6.46. The third-order valence-corrected chi connectivity index (χ3v) is 5.45. The highest BCUT2D eigenvalue weighted by atomic mass is 16.6. The van der Waals surface area contributed by atoms with Gasteiger partial charge in [0.1, 0.15) is 5.70 Å². The fraction of sp³-hybridized carbons (Fsp3) is 0.120. The summed E-state index contributed by atoms with van der Waals surface area (Å²) in [6.45, 7) is 5.72. The molecule has 4 rings (SSSR count). The molecule has 0 radical (unpaired) electrons. The molecule has 0 saturated heterocycles. The van der Waals surface area contributed by atoms with E-state index in [4.69, 9.17) is 0 Å². The normalized spacial score (nSPS) is 13.7. The number of hydrogen-bond acceptors (Lipinski definition) is 5. The maximum Gasteiger partial charge on any atom is 0.282 e. The van der Waals surface area contributed by atoms with Crippen LogP contribution in [0, 0.1) is 30.9 Å². The third-order valence-electron chi connectivity index (χ3n) is 5.45. The molecule has 1 aliphatic rings. The van der Waals surface area contributed by atoms with Gasteiger partial charge in [0.05, 0.1) is 16.2 Å². The second-order valence-corrected chi connectivity index (χ2v) is 7.73. The zero-order valence-corrected chi connectivity index (χ0v) is 17.9. The smallest absolute Gasteiger partial charge is 0.282 e. The predicted octanol–water partition coefficient (Wildman–Crippen LogP) is 4.92. The number of nitrogens with one attached hydrogen (secondary N) is 1. The zero-order chi connectivity index (χ0) is 23.0. The van der Waals surface area contributed by atoms with Gasteiger partial charge >= 0.3 is 0 Å². The third kappa shape index (κ3) is 3.65. The Hall–Kier alpha value is -4.26. The van der Waals surface area contributed by atoms with Crippen LogP contribution in [0.25, 0.3) is 5.57 Å². The number of anilines is 2. The molecule has 0 fully saturated rings. The first-order valence-electron chi connectivity index (χ1n) is 10.1. The SMILES string of the molecule is Cc1ccc(NC2=C(c3ccc([N+](=O)[O-])cc3)C(=O)N(c3ccccc3C)C2=O)c(C)c1. The molecule has 0 atom stereocenters. The predicted molar refractivity (Wildman–Crippen MR) is 123 cm³/mol. The molecule has 0 unspecified atom stereocenters. The Bertz CT molecular complexity index is 1290. The van der Waals surface area contributed by atoms with E-state index in [1.165, 1.54) is 24.3 Å². The van der Waals surface area contributed by atoms with E-state index in [1.54, 1.807) is 12.1 Å². The lowest BCUT2D eigenvalue weighted by Gasteiger charge is -2.18. The van der Waals surface area contributed by atoms with E-state index in [1.807, 2.05) is 51.1 Å². The highest BCUT2D eigenvalue weighted by Crippen LogP contribution is 2.36. The molecule has 0 aliphatic carbocycles. The molecule has 0 spiro atoms. The van der Waals surface area contributed by atoms with E-state index in [9.17, 15) is 19.7 Å². The summed E-state index contributed by atoms with van der Waals surface area (Å²) in [5.74, 6) is -0.956. The molecule has 0 aromatic heterocycles.